The van der Waals surface area contributed by atoms with Crippen molar-refractivity contribution in [1.82, 2.24) is 4.90 Å². The molecule has 3 aromatic carbocycles. The molecule has 1 fully saturated rings. The standard InChI is InChI=1S/C29H29BF3NO2/c1-19-4-2-3-5-21(19)14-20-6-8-24(9-7-20)36-25-10-12-34(13-11-25)29(35)17-23(30)15-22-16-27(32)28(33)18-26(22)31/h2-9,16,18,23,25H,10-15,17H2,1H3. The summed E-state index contributed by atoms with van der Waals surface area (Å²) in [5.41, 5.74) is 3.76. The number of rotatable bonds is 8. The molecule has 0 N–H and O–H groups in total. The van der Waals surface area contributed by atoms with Crippen molar-refractivity contribution in [2.45, 2.75) is 50.9 Å². The Kier molecular flexibility index (Phi) is 8.39. The first-order valence-electron chi connectivity index (χ1n) is 12.3. The molecule has 1 atom stereocenters. The van der Waals surface area contributed by atoms with Gasteiger partial charge in [-0.3, -0.25) is 4.79 Å². The molecule has 2 radical (unpaired) electrons. The average Bonchev–Trinajstić information content (AvgIpc) is 2.85. The first-order chi connectivity index (χ1) is 17.3. The molecular weight excluding hydrogens is 462 g/mol. The molecule has 4 rings (SSSR count). The topological polar surface area (TPSA) is 29.5 Å². The second-order valence-electron chi connectivity index (χ2n) is 9.47. The highest BCUT2D eigenvalue weighted by molar-refractivity contribution is 6.13. The van der Waals surface area contributed by atoms with Crippen LogP contribution in [0.2, 0.25) is 5.82 Å². The van der Waals surface area contributed by atoms with Crippen molar-refractivity contribution in [2.24, 2.45) is 0 Å². The predicted octanol–water partition coefficient (Wildman–Crippen LogP) is 5.96. The minimum Gasteiger partial charge on any atom is -0.490 e. The second kappa shape index (κ2) is 11.7. The summed E-state index contributed by atoms with van der Waals surface area (Å²) in [6.45, 7) is 3.20. The van der Waals surface area contributed by atoms with Gasteiger partial charge in [0.2, 0.25) is 5.91 Å². The van der Waals surface area contributed by atoms with E-state index in [0.717, 1.165) is 18.2 Å². The highest BCUT2D eigenvalue weighted by atomic mass is 19.2. The summed E-state index contributed by atoms with van der Waals surface area (Å²) in [4.78, 5) is 14.4. The lowest BCUT2D eigenvalue weighted by Crippen LogP contribution is -2.42. The van der Waals surface area contributed by atoms with Gasteiger partial charge in [-0.15, -0.1) is 0 Å². The molecular formula is C29H29BF3NO2. The normalized spacial score (nSPS) is 15.1. The van der Waals surface area contributed by atoms with Crippen LogP contribution < -0.4 is 4.74 Å². The Labute approximate surface area is 211 Å². The van der Waals surface area contributed by atoms with Crippen LogP contribution in [-0.4, -0.2) is 37.8 Å². The summed E-state index contributed by atoms with van der Waals surface area (Å²) in [6, 6.07) is 17.8. The molecule has 1 amide bonds. The summed E-state index contributed by atoms with van der Waals surface area (Å²) in [7, 11) is 6.01. The Bertz CT molecular complexity index is 1190. The van der Waals surface area contributed by atoms with Crippen LogP contribution in [0.4, 0.5) is 13.2 Å². The Morgan fingerprint density at radius 2 is 1.64 bits per heavy atom. The van der Waals surface area contributed by atoms with E-state index in [-0.39, 0.29) is 30.4 Å². The number of nitrogens with zero attached hydrogens (tertiary/aromatic N) is 1. The van der Waals surface area contributed by atoms with Crippen molar-refractivity contribution >= 4 is 13.8 Å². The van der Waals surface area contributed by atoms with E-state index in [4.69, 9.17) is 12.6 Å². The molecule has 1 heterocycles. The van der Waals surface area contributed by atoms with Gasteiger partial charge in [0.1, 0.15) is 17.7 Å². The van der Waals surface area contributed by atoms with E-state index in [1.165, 1.54) is 16.7 Å². The molecule has 186 valence electrons. The zero-order valence-electron chi connectivity index (χ0n) is 20.4. The van der Waals surface area contributed by atoms with Crippen molar-refractivity contribution in [3.63, 3.8) is 0 Å². The molecule has 7 heteroatoms. The van der Waals surface area contributed by atoms with E-state index in [1.807, 2.05) is 18.2 Å². The maximum atomic E-state index is 13.9. The molecule has 1 unspecified atom stereocenters. The van der Waals surface area contributed by atoms with Crippen LogP contribution in [0.3, 0.4) is 0 Å². The maximum absolute atomic E-state index is 13.9. The molecule has 0 spiro atoms. The van der Waals surface area contributed by atoms with Crippen LogP contribution in [0.1, 0.15) is 41.5 Å². The molecule has 3 aromatic rings. The number of hydrogen-bond donors (Lipinski definition) is 0. The highest BCUT2D eigenvalue weighted by Gasteiger charge is 2.25. The minimum atomic E-state index is -1.25. The van der Waals surface area contributed by atoms with Crippen molar-refractivity contribution < 1.29 is 22.7 Å². The van der Waals surface area contributed by atoms with Crippen LogP contribution in [0, 0.1) is 24.4 Å². The quantitative estimate of drug-likeness (QED) is 0.288. The largest absolute Gasteiger partial charge is 0.490 e. The third kappa shape index (κ3) is 6.71. The second-order valence-corrected chi connectivity index (χ2v) is 9.47. The van der Waals surface area contributed by atoms with Gasteiger partial charge in [-0.1, -0.05) is 42.2 Å². The van der Waals surface area contributed by atoms with Gasteiger partial charge < -0.3 is 9.64 Å². The minimum absolute atomic E-state index is 0.00626. The lowest BCUT2D eigenvalue weighted by atomic mass is 9.79. The monoisotopic (exact) mass is 491 g/mol. The van der Waals surface area contributed by atoms with Crippen molar-refractivity contribution in [1.29, 1.82) is 0 Å². The lowest BCUT2D eigenvalue weighted by Gasteiger charge is -2.33. The fourth-order valence-electron chi connectivity index (χ4n) is 4.56. The number of carbonyl (C=O) groups is 1. The molecule has 3 nitrogen and oxygen atoms in total. The number of likely N-dealkylation sites (tertiary alicyclic amines) is 1. The maximum Gasteiger partial charge on any atom is 0.222 e. The van der Waals surface area contributed by atoms with Gasteiger partial charge in [-0.05, 0) is 60.2 Å². The molecule has 0 bridgehead atoms. The third-order valence-electron chi connectivity index (χ3n) is 6.68. The van der Waals surface area contributed by atoms with Gasteiger partial charge in [0.25, 0.3) is 0 Å². The van der Waals surface area contributed by atoms with Gasteiger partial charge in [0.15, 0.2) is 11.6 Å². The molecule has 36 heavy (non-hydrogen) atoms. The summed E-state index contributed by atoms with van der Waals surface area (Å²) in [5, 5.41) is 0. The Morgan fingerprint density at radius 3 is 2.33 bits per heavy atom. The summed E-state index contributed by atoms with van der Waals surface area (Å²) >= 11 is 0. The smallest absolute Gasteiger partial charge is 0.222 e. The fourth-order valence-corrected chi connectivity index (χ4v) is 4.56. The van der Waals surface area contributed by atoms with E-state index < -0.39 is 23.3 Å². The number of benzene rings is 3. The van der Waals surface area contributed by atoms with E-state index in [1.54, 1.807) is 4.90 Å². The fraction of sp³-hybridized carbons (Fsp3) is 0.345. The summed E-state index contributed by atoms with van der Waals surface area (Å²) < 4.78 is 46.5. The molecule has 0 saturated carbocycles. The van der Waals surface area contributed by atoms with Crippen molar-refractivity contribution in [2.75, 3.05) is 13.1 Å². The van der Waals surface area contributed by atoms with Crippen LogP contribution in [0.15, 0.2) is 60.7 Å². The molecule has 0 aliphatic carbocycles. The number of halogens is 3. The van der Waals surface area contributed by atoms with E-state index in [9.17, 15) is 18.0 Å². The van der Waals surface area contributed by atoms with Crippen LogP contribution in [0.25, 0.3) is 0 Å². The first-order valence-corrected chi connectivity index (χ1v) is 12.3. The predicted molar refractivity (Wildman–Crippen MR) is 135 cm³/mol. The van der Waals surface area contributed by atoms with Gasteiger partial charge in [0.05, 0.1) is 7.85 Å². The van der Waals surface area contributed by atoms with Gasteiger partial charge in [-0.2, -0.15) is 0 Å². The summed E-state index contributed by atoms with van der Waals surface area (Å²) in [6.07, 6.45) is 2.24. The first kappa shape index (κ1) is 25.9. The van der Waals surface area contributed by atoms with Gasteiger partial charge >= 0.3 is 0 Å². The number of carbonyl (C=O) groups excluding carboxylic acids is 1. The van der Waals surface area contributed by atoms with E-state index in [0.29, 0.717) is 32.0 Å². The van der Waals surface area contributed by atoms with Gasteiger partial charge in [-0.25, -0.2) is 13.2 Å². The van der Waals surface area contributed by atoms with E-state index >= 15 is 0 Å². The lowest BCUT2D eigenvalue weighted by molar-refractivity contribution is -0.133. The van der Waals surface area contributed by atoms with Crippen LogP contribution >= 0.6 is 0 Å². The highest BCUT2D eigenvalue weighted by Crippen LogP contribution is 2.24. The average molecular weight is 491 g/mol. The van der Waals surface area contributed by atoms with Crippen LogP contribution in [-0.2, 0) is 17.6 Å². The third-order valence-corrected chi connectivity index (χ3v) is 6.68. The zero-order chi connectivity index (χ0) is 25.7. The Morgan fingerprint density at radius 1 is 0.972 bits per heavy atom. The number of aryl methyl sites for hydroxylation is 1. The van der Waals surface area contributed by atoms with Crippen molar-refractivity contribution in [3.05, 3.63) is 100 Å². The molecule has 1 aliphatic heterocycles. The molecule has 1 saturated heterocycles. The Balaban J connectivity index is 1.22. The zero-order valence-corrected chi connectivity index (χ0v) is 20.4. The molecule has 0 aromatic heterocycles. The Hall–Kier alpha value is -3.22. The number of piperidine rings is 1. The van der Waals surface area contributed by atoms with E-state index in [2.05, 4.69) is 37.3 Å². The van der Waals surface area contributed by atoms with Crippen LogP contribution in [0.5, 0.6) is 5.75 Å². The SMILES string of the molecule is [B]C(CC(=O)N1CCC(Oc2ccc(Cc3ccccc3C)cc2)CC1)Cc1cc(F)c(F)cc1F. The number of hydrogen-bond acceptors (Lipinski definition) is 2. The number of ether oxygens (including phenoxy) is 1. The van der Waals surface area contributed by atoms with Gasteiger partial charge in [0, 0.05) is 38.4 Å². The number of amides is 1. The summed E-state index contributed by atoms with van der Waals surface area (Å²) in [5.74, 6) is -3.26. The molecule has 1 aliphatic rings. The van der Waals surface area contributed by atoms with Crippen molar-refractivity contribution in [3.8, 4) is 5.75 Å².